The summed E-state index contributed by atoms with van der Waals surface area (Å²) in [7, 11) is 0. The van der Waals surface area contributed by atoms with Gasteiger partial charge in [-0.25, -0.2) is 0 Å². The minimum absolute atomic E-state index is 0.202. The molecule has 2 saturated heterocycles. The van der Waals surface area contributed by atoms with Gasteiger partial charge in [-0.2, -0.15) is 0 Å². The van der Waals surface area contributed by atoms with Crippen LogP contribution in [0.1, 0.15) is 140 Å². The highest BCUT2D eigenvalue weighted by Crippen LogP contribution is 2.40. The van der Waals surface area contributed by atoms with Crippen molar-refractivity contribution < 1.29 is 14.2 Å². The van der Waals surface area contributed by atoms with Crippen LogP contribution in [0.3, 0.4) is 0 Å². The van der Waals surface area contributed by atoms with Gasteiger partial charge in [0.15, 0.2) is 0 Å². The number of unbranched alkanes of at least 4 members (excludes halogenated alkanes) is 8. The third kappa shape index (κ3) is 13.0. The lowest BCUT2D eigenvalue weighted by Gasteiger charge is -2.16. The molecule has 2 aliphatic heterocycles. The van der Waals surface area contributed by atoms with E-state index in [2.05, 4.69) is 137 Å². The Morgan fingerprint density at radius 2 is 0.800 bits per heavy atom. The number of nitrogens with zero attached hydrogens (tertiary/aromatic N) is 2. The number of aryl methyl sites for hydroxylation is 2. The molecule has 65 heavy (non-hydrogen) atoms. The highest BCUT2D eigenvalue weighted by atomic mass is 16.6. The predicted octanol–water partition coefficient (Wildman–Crippen LogP) is 16.2. The Balaban J connectivity index is 1.01. The van der Waals surface area contributed by atoms with Gasteiger partial charge in [-0.15, -0.1) is 0 Å². The number of aromatic nitrogens is 2. The Morgan fingerprint density at radius 3 is 1.18 bits per heavy atom. The summed E-state index contributed by atoms with van der Waals surface area (Å²) in [5.41, 5.74) is 13.9. The second-order valence-corrected chi connectivity index (χ2v) is 18.7. The summed E-state index contributed by atoms with van der Waals surface area (Å²) in [6.45, 7) is 9.03. The fourth-order valence-corrected chi connectivity index (χ4v) is 9.29. The van der Waals surface area contributed by atoms with E-state index in [4.69, 9.17) is 24.2 Å². The second-order valence-electron chi connectivity index (χ2n) is 18.7. The maximum atomic E-state index is 7.01. The highest BCUT2D eigenvalue weighted by molar-refractivity contribution is 5.70. The average molecular weight is 869 g/mol. The van der Waals surface area contributed by atoms with E-state index < -0.39 is 0 Å². The Bertz CT molecular complexity index is 2200. The zero-order chi connectivity index (χ0) is 44.8. The van der Waals surface area contributed by atoms with Gasteiger partial charge in [0.25, 0.3) is 0 Å². The Hall–Kier alpha value is -5.10. The van der Waals surface area contributed by atoms with E-state index in [1.807, 2.05) is 12.4 Å². The van der Waals surface area contributed by atoms with Gasteiger partial charge in [-0.3, -0.25) is 9.97 Å². The second kappa shape index (κ2) is 23.4. The highest BCUT2D eigenvalue weighted by Gasteiger charge is 2.39. The molecule has 2 aromatic heterocycles. The van der Waals surface area contributed by atoms with Gasteiger partial charge in [0.1, 0.15) is 11.5 Å². The molecule has 0 amide bonds. The van der Waals surface area contributed by atoms with Gasteiger partial charge in [-0.05, 0) is 120 Å². The van der Waals surface area contributed by atoms with Gasteiger partial charge < -0.3 is 14.2 Å². The fourth-order valence-electron chi connectivity index (χ4n) is 9.29. The van der Waals surface area contributed by atoms with E-state index in [1.54, 1.807) is 0 Å². The van der Waals surface area contributed by atoms with Crippen LogP contribution in [0.4, 0.5) is 0 Å². The van der Waals surface area contributed by atoms with Crippen LogP contribution < -0.4 is 4.74 Å². The van der Waals surface area contributed by atoms with Gasteiger partial charge in [-0.1, -0.05) is 153 Å². The summed E-state index contributed by atoms with van der Waals surface area (Å²) in [5.74, 6) is 1.74. The first-order valence-corrected chi connectivity index (χ1v) is 25.4. The number of hydrogen-bond donors (Lipinski definition) is 0. The number of epoxide rings is 2. The minimum Gasteiger partial charge on any atom is -0.457 e. The molecule has 8 rings (SSSR count). The largest absolute Gasteiger partial charge is 0.457 e. The lowest BCUT2D eigenvalue weighted by Crippen LogP contribution is -2.04. The van der Waals surface area contributed by atoms with E-state index in [0.29, 0.717) is 12.2 Å². The molecule has 4 aromatic carbocycles. The van der Waals surface area contributed by atoms with Gasteiger partial charge >= 0.3 is 0 Å². The SMILES string of the molecule is CCCCCCc1ccc(-c2ccc(-c3ccc(Oc4ccc(-c5ccc(-c6ccc(CCCCCC)cc6)cn5)cc4C[C@@H]4O[C@H]4CCCC)c(C[C@@H]4O[C@H]4CCCC)c3)nc2)cc1. The molecule has 4 heterocycles. The van der Waals surface area contributed by atoms with E-state index in [1.165, 1.54) is 99.3 Å². The van der Waals surface area contributed by atoms with Gasteiger partial charge in [0, 0.05) is 47.5 Å². The molecule has 0 bridgehead atoms. The molecule has 0 saturated carbocycles. The fraction of sp³-hybridized carbons (Fsp3) is 0.433. The summed E-state index contributed by atoms with van der Waals surface area (Å²) < 4.78 is 19.5. The molecule has 5 nitrogen and oxygen atoms in total. The molecular formula is C60H72N2O3. The van der Waals surface area contributed by atoms with E-state index in [-0.39, 0.29) is 12.2 Å². The first-order valence-electron chi connectivity index (χ1n) is 25.4. The lowest BCUT2D eigenvalue weighted by atomic mass is 9.98. The van der Waals surface area contributed by atoms with Crippen molar-refractivity contribution in [3.8, 4) is 56.3 Å². The minimum atomic E-state index is 0.202. The maximum absolute atomic E-state index is 7.01. The van der Waals surface area contributed by atoms with Gasteiger partial charge in [0.2, 0.25) is 0 Å². The van der Waals surface area contributed by atoms with Crippen molar-refractivity contribution in [2.75, 3.05) is 0 Å². The topological polar surface area (TPSA) is 60.1 Å². The number of hydrogen-bond acceptors (Lipinski definition) is 5. The Morgan fingerprint density at radius 1 is 0.400 bits per heavy atom. The quantitative estimate of drug-likeness (QED) is 0.0401. The summed E-state index contributed by atoms with van der Waals surface area (Å²) in [6, 6.07) is 39.9. The predicted molar refractivity (Wildman–Crippen MR) is 270 cm³/mol. The molecule has 0 N–H and O–H groups in total. The van der Waals surface area contributed by atoms with Crippen molar-refractivity contribution in [2.45, 2.75) is 168 Å². The van der Waals surface area contributed by atoms with Crippen molar-refractivity contribution in [1.82, 2.24) is 9.97 Å². The van der Waals surface area contributed by atoms with Crippen LogP contribution in [-0.2, 0) is 35.2 Å². The molecule has 0 unspecified atom stereocenters. The van der Waals surface area contributed by atoms with Crippen LogP contribution in [0, 0.1) is 0 Å². The van der Waals surface area contributed by atoms with Crippen LogP contribution >= 0.6 is 0 Å². The van der Waals surface area contributed by atoms with Crippen LogP contribution in [0.25, 0.3) is 44.8 Å². The van der Waals surface area contributed by atoms with E-state index in [0.717, 1.165) is 94.8 Å². The average Bonchev–Trinajstić information content (AvgIpc) is 4.29. The van der Waals surface area contributed by atoms with Crippen molar-refractivity contribution >= 4 is 0 Å². The zero-order valence-corrected chi connectivity index (χ0v) is 39.7. The van der Waals surface area contributed by atoms with Crippen molar-refractivity contribution in [1.29, 1.82) is 0 Å². The molecule has 6 aromatic rings. The molecular weight excluding hydrogens is 797 g/mol. The monoisotopic (exact) mass is 869 g/mol. The molecule has 2 aliphatic rings. The zero-order valence-electron chi connectivity index (χ0n) is 39.7. The number of benzene rings is 4. The number of pyridine rings is 2. The molecule has 0 spiro atoms. The first-order chi connectivity index (χ1) is 32.0. The molecule has 0 radical (unpaired) electrons. The molecule has 2 fully saturated rings. The molecule has 0 aliphatic carbocycles. The summed E-state index contributed by atoms with van der Waals surface area (Å²) >= 11 is 0. The summed E-state index contributed by atoms with van der Waals surface area (Å²) in [5, 5.41) is 0. The van der Waals surface area contributed by atoms with Crippen LogP contribution in [0.5, 0.6) is 11.5 Å². The first kappa shape index (κ1) is 46.4. The number of ether oxygens (including phenoxy) is 3. The van der Waals surface area contributed by atoms with Crippen LogP contribution in [-0.4, -0.2) is 34.4 Å². The van der Waals surface area contributed by atoms with Crippen molar-refractivity contribution in [3.05, 3.63) is 144 Å². The van der Waals surface area contributed by atoms with Crippen molar-refractivity contribution in [2.24, 2.45) is 0 Å². The molecule has 4 atom stereocenters. The molecule has 5 heteroatoms. The third-order valence-electron chi connectivity index (χ3n) is 13.6. The van der Waals surface area contributed by atoms with Crippen LogP contribution in [0.2, 0.25) is 0 Å². The maximum Gasteiger partial charge on any atom is 0.130 e. The Kier molecular flexibility index (Phi) is 16.7. The van der Waals surface area contributed by atoms with E-state index in [9.17, 15) is 0 Å². The molecule has 340 valence electrons. The van der Waals surface area contributed by atoms with Gasteiger partial charge in [0.05, 0.1) is 35.8 Å². The lowest BCUT2D eigenvalue weighted by molar-refractivity contribution is 0.356. The van der Waals surface area contributed by atoms with Crippen LogP contribution in [0.15, 0.2) is 122 Å². The summed E-state index contributed by atoms with van der Waals surface area (Å²) in [6.07, 6.45) is 26.2. The standard InChI is InChI=1S/C60H72N2O3/c1-5-9-13-15-17-43-21-25-45(26-22-43)49-29-33-53(61-41-49)47-31-35-55(51(37-47)39-59-57(64-59)19-11-7-3)63-56-36-32-48(38-52(56)40-60-58(65-60)20-12-8-4)54-34-30-50(42-62-54)46-27-23-44(24-28-46)18-16-14-10-6-2/h21-38,41-42,57-60H,5-20,39-40H2,1-4H3/t57-,58-,59-,60-/m0/s1. The van der Waals surface area contributed by atoms with Crippen molar-refractivity contribution in [3.63, 3.8) is 0 Å². The summed E-state index contributed by atoms with van der Waals surface area (Å²) in [4.78, 5) is 9.98. The third-order valence-corrected chi connectivity index (χ3v) is 13.6. The Labute approximate surface area is 390 Å². The number of rotatable bonds is 26. The van der Waals surface area contributed by atoms with E-state index >= 15 is 0 Å². The smallest absolute Gasteiger partial charge is 0.130 e. The normalized spacial score (nSPS) is 17.6.